The number of rotatable bonds is 2. The van der Waals surface area contributed by atoms with E-state index >= 15 is 0 Å². The molecule has 104 valence electrons. The zero-order chi connectivity index (χ0) is 14.0. The van der Waals surface area contributed by atoms with Crippen LogP contribution in [0.4, 0.5) is 5.69 Å². The number of nitrogens with zero attached hydrogens (tertiary/aromatic N) is 2. The Morgan fingerprint density at radius 1 is 1.42 bits per heavy atom. The summed E-state index contributed by atoms with van der Waals surface area (Å²) in [5.41, 5.74) is 7.16. The maximum absolute atomic E-state index is 8.90. The quantitative estimate of drug-likeness (QED) is 0.377. The summed E-state index contributed by atoms with van der Waals surface area (Å²) in [6, 6.07) is 5.51. The Bertz CT molecular complexity index is 483. The largest absolute Gasteiger partial charge is 0.409 e. The number of amidine groups is 1. The van der Waals surface area contributed by atoms with Gasteiger partial charge in [-0.25, -0.2) is 0 Å². The maximum atomic E-state index is 8.90. The van der Waals surface area contributed by atoms with Gasteiger partial charge in [-0.2, -0.15) is 0 Å². The third-order valence-electron chi connectivity index (χ3n) is 3.12. The van der Waals surface area contributed by atoms with Gasteiger partial charge in [0, 0.05) is 18.8 Å². The Morgan fingerprint density at radius 3 is 2.63 bits per heavy atom. The van der Waals surface area contributed by atoms with E-state index in [-0.39, 0.29) is 18.0 Å². The summed E-state index contributed by atoms with van der Waals surface area (Å²) in [6.45, 7) is 5.54. The van der Waals surface area contributed by atoms with Crippen molar-refractivity contribution in [3.8, 4) is 0 Å². The van der Waals surface area contributed by atoms with Crippen molar-refractivity contribution in [1.82, 2.24) is 0 Å². The molecular weight excluding hydrogens is 266 g/mol. The summed E-state index contributed by atoms with van der Waals surface area (Å²) in [7, 11) is 0. The van der Waals surface area contributed by atoms with Gasteiger partial charge in [-0.3, -0.25) is 0 Å². The molecule has 1 aliphatic heterocycles. The van der Waals surface area contributed by atoms with Gasteiger partial charge in [0.05, 0.1) is 22.8 Å². The summed E-state index contributed by atoms with van der Waals surface area (Å²) < 4.78 is 5.71. The first kappa shape index (κ1) is 14.0. The Balaban J connectivity index is 2.41. The standard InChI is InChI=1S/C13H18ClN3O2/c1-8-6-17(7-9(2)19-8)11-5-3-4-10(14)12(11)13(15)16-18/h3-5,8-9,18H,6-7H2,1-2H3,(H2,15,16)/t8-,9+. The first-order chi connectivity index (χ1) is 9.02. The second-order valence-electron chi connectivity index (χ2n) is 4.78. The molecule has 1 heterocycles. The molecule has 1 saturated heterocycles. The van der Waals surface area contributed by atoms with Crippen LogP contribution >= 0.6 is 11.6 Å². The van der Waals surface area contributed by atoms with Crippen LogP contribution in [0.15, 0.2) is 23.4 Å². The Labute approximate surface area is 117 Å². The highest BCUT2D eigenvalue weighted by Gasteiger charge is 2.25. The van der Waals surface area contributed by atoms with Gasteiger partial charge >= 0.3 is 0 Å². The number of hydrogen-bond acceptors (Lipinski definition) is 4. The molecule has 1 aromatic rings. The zero-order valence-electron chi connectivity index (χ0n) is 11.0. The van der Waals surface area contributed by atoms with Crippen molar-refractivity contribution in [3.05, 3.63) is 28.8 Å². The van der Waals surface area contributed by atoms with Crippen LogP contribution in [0, 0.1) is 0 Å². The molecule has 3 N–H and O–H groups in total. The molecular formula is C13H18ClN3O2. The average Bonchev–Trinajstić information content (AvgIpc) is 2.36. The fourth-order valence-corrected chi connectivity index (χ4v) is 2.72. The number of benzene rings is 1. The molecule has 6 heteroatoms. The maximum Gasteiger partial charge on any atom is 0.173 e. The lowest BCUT2D eigenvalue weighted by atomic mass is 10.1. The highest BCUT2D eigenvalue weighted by atomic mass is 35.5. The van der Waals surface area contributed by atoms with Crippen LogP contribution in [0.3, 0.4) is 0 Å². The molecule has 0 aliphatic carbocycles. The lowest BCUT2D eigenvalue weighted by molar-refractivity contribution is -0.00522. The summed E-state index contributed by atoms with van der Waals surface area (Å²) >= 11 is 6.17. The van der Waals surface area contributed by atoms with Crippen LogP contribution in [0.25, 0.3) is 0 Å². The molecule has 2 rings (SSSR count). The second kappa shape index (κ2) is 5.67. The van der Waals surface area contributed by atoms with Crippen molar-refractivity contribution in [2.24, 2.45) is 10.9 Å². The second-order valence-corrected chi connectivity index (χ2v) is 5.19. The van der Waals surface area contributed by atoms with E-state index in [2.05, 4.69) is 10.1 Å². The van der Waals surface area contributed by atoms with Crippen LogP contribution in [-0.2, 0) is 4.74 Å². The van der Waals surface area contributed by atoms with Crippen LogP contribution in [0.2, 0.25) is 5.02 Å². The predicted molar refractivity (Wildman–Crippen MR) is 76.2 cm³/mol. The summed E-state index contributed by atoms with van der Waals surface area (Å²) in [6.07, 6.45) is 0.255. The van der Waals surface area contributed by atoms with E-state index in [0.29, 0.717) is 10.6 Å². The molecule has 1 fully saturated rings. The van der Waals surface area contributed by atoms with Gasteiger partial charge in [-0.05, 0) is 26.0 Å². The van der Waals surface area contributed by atoms with Crippen molar-refractivity contribution < 1.29 is 9.94 Å². The van der Waals surface area contributed by atoms with Crippen LogP contribution in [0.5, 0.6) is 0 Å². The number of halogens is 1. The number of hydrogen-bond donors (Lipinski definition) is 2. The van der Waals surface area contributed by atoms with Gasteiger partial charge in [0.1, 0.15) is 0 Å². The van der Waals surface area contributed by atoms with Gasteiger partial charge in [0.15, 0.2) is 5.84 Å². The van der Waals surface area contributed by atoms with Gasteiger partial charge < -0.3 is 20.6 Å². The molecule has 0 saturated carbocycles. The monoisotopic (exact) mass is 283 g/mol. The van der Waals surface area contributed by atoms with E-state index in [4.69, 9.17) is 27.3 Å². The van der Waals surface area contributed by atoms with Crippen molar-refractivity contribution in [1.29, 1.82) is 0 Å². The van der Waals surface area contributed by atoms with E-state index in [1.165, 1.54) is 0 Å². The summed E-state index contributed by atoms with van der Waals surface area (Å²) in [5, 5.41) is 12.4. The summed E-state index contributed by atoms with van der Waals surface area (Å²) in [5.74, 6) is 0.0207. The lowest BCUT2D eigenvalue weighted by Gasteiger charge is -2.37. The third-order valence-corrected chi connectivity index (χ3v) is 3.43. The van der Waals surface area contributed by atoms with Gasteiger partial charge in [0.2, 0.25) is 0 Å². The van der Waals surface area contributed by atoms with E-state index in [0.717, 1.165) is 18.8 Å². The van der Waals surface area contributed by atoms with Crippen molar-refractivity contribution in [2.75, 3.05) is 18.0 Å². The first-order valence-corrected chi connectivity index (χ1v) is 6.57. The SMILES string of the molecule is C[C@@H]1CN(c2cccc(Cl)c2/C(N)=N/O)C[C@H](C)O1. The molecule has 19 heavy (non-hydrogen) atoms. The van der Waals surface area contributed by atoms with E-state index in [1.807, 2.05) is 26.0 Å². The van der Waals surface area contributed by atoms with Gasteiger partial charge in [-0.1, -0.05) is 22.8 Å². The number of nitrogens with two attached hydrogens (primary N) is 1. The van der Waals surface area contributed by atoms with Crippen LogP contribution < -0.4 is 10.6 Å². The topological polar surface area (TPSA) is 71.1 Å². The zero-order valence-corrected chi connectivity index (χ0v) is 11.8. The molecule has 2 atom stereocenters. The number of morpholine rings is 1. The molecule has 0 unspecified atom stereocenters. The Hall–Kier alpha value is -1.46. The van der Waals surface area contributed by atoms with Crippen LogP contribution in [0.1, 0.15) is 19.4 Å². The van der Waals surface area contributed by atoms with Gasteiger partial charge in [0.25, 0.3) is 0 Å². The lowest BCUT2D eigenvalue weighted by Crippen LogP contribution is -2.46. The highest BCUT2D eigenvalue weighted by Crippen LogP contribution is 2.29. The van der Waals surface area contributed by atoms with Crippen molar-refractivity contribution in [3.63, 3.8) is 0 Å². The van der Waals surface area contributed by atoms with Crippen LogP contribution in [-0.4, -0.2) is 36.3 Å². The molecule has 0 amide bonds. The predicted octanol–water partition coefficient (Wildman–Crippen LogP) is 2.05. The molecule has 0 spiro atoms. The molecule has 0 radical (unpaired) electrons. The highest BCUT2D eigenvalue weighted by molar-refractivity contribution is 6.34. The number of ether oxygens (including phenoxy) is 1. The van der Waals surface area contributed by atoms with E-state index < -0.39 is 0 Å². The smallest absolute Gasteiger partial charge is 0.173 e. The van der Waals surface area contributed by atoms with Crippen molar-refractivity contribution >= 4 is 23.1 Å². The molecule has 1 aliphatic rings. The van der Waals surface area contributed by atoms with E-state index in [1.54, 1.807) is 6.07 Å². The molecule has 0 aromatic heterocycles. The minimum Gasteiger partial charge on any atom is -0.409 e. The van der Waals surface area contributed by atoms with Crippen molar-refractivity contribution in [2.45, 2.75) is 26.1 Å². The fraction of sp³-hybridized carbons (Fsp3) is 0.462. The minimum absolute atomic E-state index is 0.0207. The number of anilines is 1. The normalized spacial score (nSPS) is 24.6. The first-order valence-electron chi connectivity index (χ1n) is 6.19. The summed E-state index contributed by atoms with van der Waals surface area (Å²) in [4.78, 5) is 2.15. The minimum atomic E-state index is 0.0207. The van der Waals surface area contributed by atoms with Gasteiger partial charge in [-0.15, -0.1) is 0 Å². The fourth-order valence-electron chi connectivity index (χ4n) is 2.45. The molecule has 1 aromatic carbocycles. The molecule has 0 bridgehead atoms. The Kier molecular flexibility index (Phi) is 4.17. The Morgan fingerprint density at radius 2 is 2.05 bits per heavy atom. The average molecular weight is 284 g/mol. The molecule has 5 nitrogen and oxygen atoms in total. The third kappa shape index (κ3) is 2.93. The number of oxime groups is 1. The van der Waals surface area contributed by atoms with E-state index in [9.17, 15) is 0 Å².